The molecule has 2 aromatic heterocycles. The minimum Gasteiger partial charge on any atom is -0.378 e. The van der Waals surface area contributed by atoms with E-state index in [4.69, 9.17) is 14.7 Å². The van der Waals surface area contributed by atoms with Crippen LogP contribution < -0.4 is 10.2 Å². The van der Waals surface area contributed by atoms with Gasteiger partial charge < -0.3 is 19.9 Å². The number of fused-ring (bicyclic) bond motifs is 1. The molecule has 0 bridgehead atoms. The Bertz CT molecular complexity index is 1270. The third-order valence-corrected chi connectivity index (χ3v) is 7.58. The fourth-order valence-electron chi connectivity index (χ4n) is 5.45. The molecule has 0 amide bonds. The molecule has 2 fully saturated rings. The van der Waals surface area contributed by atoms with Crippen molar-refractivity contribution < 1.29 is 18.3 Å². The maximum absolute atomic E-state index is 14.1. The summed E-state index contributed by atoms with van der Waals surface area (Å²) < 4.78 is 35.1. The predicted molar refractivity (Wildman–Crippen MR) is 147 cm³/mol. The highest BCUT2D eigenvalue weighted by Crippen LogP contribution is 2.31. The van der Waals surface area contributed by atoms with E-state index >= 15 is 0 Å². The topological polar surface area (TPSA) is 88.4 Å². The number of halogens is 2. The molecular formula is C28H37F2N7O2. The number of benzene rings is 1. The van der Waals surface area contributed by atoms with E-state index in [1.54, 1.807) is 24.3 Å². The van der Waals surface area contributed by atoms with E-state index in [-0.39, 0.29) is 11.9 Å². The molecule has 1 saturated heterocycles. The van der Waals surface area contributed by atoms with Crippen molar-refractivity contribution in [1.82, 2.24) is 24.4 Å². The summed E-state index contributed by atoms with van der Waals surface area (Å²) in [5, 5.41) is 3.48. The number of rotatable bonds is 10. The average molecular weight is 542 g/mol. The zero-order chi connectivity index (χ0) is 27.4. The Labute approximate surface area is 227 Å². The number of ether oxygens (including phenoxy) is 1. The number of carbonyl (C=O) groups is 1. The van der Waals surface area contributed by atoms with E-state index in [2.05, 4.69) is 15.2 Å². The number of para-hydroxylation sites is 2. The molecule has 11 heteroatoms. The molecular weight excluding hydrogens is 504 g/mol. The predicted octanol–water partition coefficient (Wildman–Crippen LogP) is 4.47. The second kappa shape index (κ2) is 12.3. The van der Waals surface area contributed by atoms with Crippen molar-refractivity contribution >= 4 is 28.6 Å². The molecule has 1 aliphatic carbocycles. The molecule has 1 aromatic carbocycles. The Kier molecular flexibility index (Phi) is 8.66. The number of nitrogens with zero attached hydrogens (tertiary/aromatic N) is 6. The first-order chi connectivity index (χ1) is 18.9. The van der Waals surface area contributed by atoms with Crippen LogP contribution in [0.2, 0.25) is 0 Å². The molecule has 0 spiro atoms. The molecule has 9 nitrogen and oxygen atoms in total. The summed E-state index contributed by atoms with van der Waals surface area (Å²) in [6.45, 7) is 3.27. The number of hydrogen-bond donors (Lipinski definition) is 1. The highest BCUT2D eigenvalue weighted by atomic mass is 19.3. The molecule has 5 rings (SSSR count). The molecule has 1 N–H and O–H groups in total. The van der Waals surface area contributed by atoms with E-state index in [0.29, 0.717) is 79.5 Å². The summed E-state index contributed by atoms with van der Waals surface area (Å²) in [6.07, 6.45) is 2.21. The largest absolute Gasteiger partial charge is 0.378 e. The van der Waals surface area contributed by atoms with E-state index in [1.165, 1.54) is 4.57 Å². The number of carbonyl (C=O) groups excluding carboxylic acids is 1. The molecule has 210 valence electrons. The number of ketones is 1. The van der Waals surface area contributed by atoms with Gasteiger partial charge in [-0.05, 0) is 57.8 Å². The van der Waals surface area contributed by atoms with Crippen molar-refractivity contribution in [3.05, 3.63) is 36.2 Å². The van der Waals surface area contributed by atoms with Crippen molar-refractivity contribution in [3.63, 3.8) is 0 Å². The van der Waals surface area contributed by atoms with Crippen LogP contribution in [-0.4, -0.2) is 83.2 Å². The lowest BCUT2D eigenvalue weighted by molar-refractivity contribution is -0.120. The third kappa shape index (κ3) is 6.70. The van der Waals surface area contributed by atoms with Gasteiger partial charge in [0, 0.05) is 44.6 Å². The first-order valence-corrected chi connectivity index (χ1v) is 13.8. The number of alkyl halides is 2. The quantitative estimate of drug-likeness (QED) is 0.402. The van der Waals surface area contributed by atoms with E-state index < -0.39 is 6.43 Å². The van der Waals surface area contributed by atoms with Crippen molar-refractivity contribution in [2.24, 2.45) is 5.92 Å². The lowest BCUT2D eigenvalue weighted by Crippen LogP contribution is -2.37. The first kappa shape index (κ1) is 27.4. The molecule has 3 aromatic rings. The number of aromatic nitrogens is 4. The van der Waals surface area contributed by atoms with Gasteiger partial charge in [0.15, 0.2) is 5.82 Å². The highest BCUT2D eigenvalue weighted by molar-refractivity contribution is 5.79. The van der Waals surface area contributed by atoms with Gasteiger partial charge in [0.25, 0.3) is 6.43 Å². The first-order valence-electron chi connectivity index (χ1n) is 13.8. The van der Waals surface area contributed by atoms with Gasteiger partial charge in [-0.1, -0.05) is 12.1 Å². The summed E-state index contributed by atoms with van der Waals surface area (Å²) in [4.78, 5) is 30.2. The number of anilines is 2. The van der Waals surface area contributed by atoms with Crippen LogP contribution in [-0.2, 0) is 9.53 Å². The highest BCUT2D eigenvalue weighted by Gasteiger charge is 2.26. The van der Waals surface area contributed by atoms with Crippen LogP contribution in [0, 0.1) is 5.92 Å². The minimum atomic E-state index is -2.76. The van der Waals surface area contributed by atoms with Gasteiger partial charge in [-0.25, -0.2) is 13.8 Å². The normalized spacial score (nSPS) is 20.2. The summed E-state index contributed by atoms with van der Waals surface area (Å²) >= 11 is 0. The van der Waals surface area contributed by atoms with Crippen LogP contribution >= 0.6 is 0 Å². The Morgan fingerprint density at radius 1 is 1.08 bits per heavy atom. The Morgan fingerprint density at radius 3 is 2.51 bits per heavy atom. The summed E-state index contributed by atoms with van der Waals surface area (Å²) in [6, 6.07) is 9.01. The van der Waals surface area contributed by atoms with Gasteiger partial charge in [-0.3, -0.25) is 9.36 Å². The van der Waals surface area contributed by atoms with Crippen molar-refractivity contribution in [2.75, 3.05) is 57.2 Å². The summed E-state index contributed by atoms with van der Waals surface area (Å²) in [5.74, 6) is 1.83. The fourth-order valence-corrected chi connectivity index (χ4v) is 5.45. The van der Waals surface area contributed by atoms with Gasteiger partial charge in [0.05, 0.1) is 24.2 Å². The van der Waals surface area contributed by atoms with Crippen molar-refractivity contribution in [1.29, 1.82) is 0 Å². The van der Waals surface area contributed by atoms with Gasteiger partial charge in [-0.2, -0.15) is 9.97 Å². The zero-order valence-electron chi connectivity index (χ0n) is 22.7. The number of imidazole rings is 1. The summed E-state index contributed by atoms with van der Waals surface area (Å²) in [5.41, 5.74) is 1.07. The van der Waals surface area contributed by atoms with Gasteiger partial charge >= 0.3 is 0 Å². The number of nitrogens with one attached hydrogen (secondary N) is 1. The van der Waals surface area contributed by atoms with Crippen LogP contribution in [0.4, 0.5) is 20.5 Å². The maximum atomic E-state index is 14.1. The zero-order valence-corrected chi connectivity index (χ0v) is 22.7. The number of hydrogen-bond acceptors (Lipinski definition) is 8. The van der Waals surface area contributed by atoms with Gasteiger partial charge in [0.1, 0.15) is 17.4 Å². The average Bonchev–Trinajstić information content (AvgIpc) is 3.34. The monoisotopic (exact) mass is 541 g/mol. The Morgan fingerprint density at radius 2 is 1.79 bits per heavy atom. The third-order valence-electron chi connectivity index (χ3n) is 7.58. The van der Waals surface area contributed by atoms with Crippen LogP contribution in [0.3, 0.4) is 0 Å². The molecule has 39 heavy (non-hydrogen) atoms. The Balaban J connectivity index is 1.37. The second-order valence-corrected chi connectivity index (χ2v) is 10.8. The summed E-state index contributed by atoms with van der Waals surface area (Å²) in [7, 11) is 3.96. The minimum absolute atomic E-state index is 0.153. The van der Waals surface area contributed by atoms with Crippen LogP contribution in [0.1, 0.15) is 50.8 Å². The fraction of sp³-hybridized carbons (Fsp3) is 0.571. The smallest absolute Gasteiger partial charge is 0.296 e. The van der Waals surface area contributed by atoms with Crippen molar-refractivity contribution in [2.45, 2.75) is 51.0 Å². The molecule has 2 aliphatic rings. The Hall–Kier alpha value is -3.18. The number of morpholine rings is 1. The molecule has 0 radical (unpaired) electrons. The van der Waals surface area contributed by atoms with Crippen LogP contribution in [0.5, 0.6) is 0 Å². The standard InChI is InChI=1S/C28H37F2N7O2/c1-35(2)12-11-21(38)17-19-7-9-20(10-8-19)31-28-33-24(36-13-15-39-16-14-36)18-25(34-28)37-23-6-4-3-5-22(23)32-27(37)26(29)30/h3-6,18-20,26H,7-17H2,1-2H3,(H,31,33,34). The second-order valence-electron chi connectivity index (χ2n) is 10.8. The van der Waals surface area contributed by atoms with Gasteiger partial charge in [0.2, 0.25) is 5.95 Å². The van der Waals surface area contributed by atoms with Gasteiger partial charge in [-0.15, -0.1) is 0 Å². The van der Waals surface area contributed by atoms with E-state index in [9.17, 15) is 13.6 Å². The van der Waals surface area contributed by atoms with E-state index in [0.717, 1.165) is 32.2 Å². The lowest BCUT2D eigenvalue weighted by atomic mass is 9.83. The SMILES string of the molecule is CN(C)CCC(=O)CC1CCC(Nc2nc(N3CCOCC3)cc(-n3c(C(F)F)nc4ccccc43)n2)CC1. The molecule has 0 atom stereocenters. The molecule has 1 saturated carbocycles. The van der Waals surface area contributed by atoms with Crippen molar-refractivity contribution in [3.8, 4) is 5.82 Å². The van der Waals surface area contributed by atoms with Crippen LogP contribution in [0.25, 0.3) is 16.9 Å². The van der Waals surface area contributed by atoms with E-state index in [1.807, 2.05) is 25.1 Å². The molecule has 0 unspecified atom stereocenters. The van der Waals surface area contributed by atoms with Crippen LogP contribution in [0.15, 0.2) is 30.3 Å². The molecule has 3 heterocycles. The number of Topliss-reactive ketones (excluding diaryl/α,β-unsaturated/α-hetero) is 1. The maximum Gasteiger partial charge on any atom is 0.296 e. The molecule has 1 aliphatic heterocycles. The lowest BCUT2D eigenvalue weighted by Gasteiger charge is -2.30.